The van der Waals surface area contributed by atoms with E-state index in [1.165, 1.54) is 0 Å². The molecule has 0 atom stereocenters. The maximum atomic E-state index is 8.85. The van der Waals surface area contributed by atoms with Gasteiger partial charge in [-0.3, -0.25) is 0 Å². The van der Waals surface area contributed by atoms with Gasteiger partial charge in [0.15, 0.2) is 17.5 Å². The molecule has 0 aromatic heterocycles. The smallest absolute Gasteiger partial charge is 0.191 e. The number of aliphatic hydroxyl groups excluding tert-OH is 1. The molecule has 6 nitrogen and oxygen atoms in total. The molecular weight excluding hydrogens is 306 g/mol. The van der Waals surface area contributed by atoms with Crippen LogP contribution in [0, 0.1) is 5.92 Å². The van der Waals surface area contributed by atoms with Crippen molar-refractivity contribution in [2.24, 2.45) is 10.9 Å². The lowest BCUT2D eigenvalue weighted by molar-refractivity contribution is 0.196. The number of benzene rings is 1. The van der Waals surface area contributed by atoms with Crippen LogP contribution in [0.2, 0.25) is 0 Å². The van der Waals surface area contributed by atoms with Gasteiger partial charge in [-0.05, 0) is 37.0 Å². The molecule has 0 amide bonds. The second kappa shape index (κ2) is 11.6. The van der Waals surface area contributed by atoms with Gasteiger partial charge in [0.1, 0.15) is 6.61 Å². The Labute approximate surface area is 145 Å². The summed E-state index contributed by atoms with van der Waals surface area (Å²) in [5, 5.41) is 15.4. The first-order chi connectivity index (χ1) is 11.6. The Hall–Kier alpha value is -1.95. The molecule has 0 aliphatic heterocycles. The number of nitrogens with one attached hydrogen (secondary N) is 2. The van der Waals surface area contributed by atoms with Crippen molar-refractivity contribution in [3.8, 4) is 11.5 Å². The van der Waals surface area contributed by atoms with Crippen LogP contribution in [-0.4, -0.2) is 44.5 Å². The van der Waals surface area contributed by atoms with Crippen molar-refractivity contribution in [2.75, 3.05) is 33.4 Å². The Morgan fingerprint density at radius 3 is 2.67 bits per heavy atom. The van der Waals surface area contributed by atoms with Gasteiger partial charge in [0.25, 0.3) is 0 Å². The summed E-state index contributed by atoms with van der Waals surface area (Å²) in [5.41, 5.74) is 1.03. The lowest BCUT2D eigenvalue weighted by Gasteiger charge is -2.13. The van der Waals surface area contributed by atoms with Crippen molar-refractivity contribution in [2.45, 2.75) is 33.7 Å². The standard InChI is InChI=1S/C18H31N3O3/c1-5-19-18(20-9-8-14(2)3)21-13-15-6-7-16(24-11-10-22)17(12-15)23-4/h6-7,12,14,22H,5,8-11,13H2,1-4H3,(H2,19,20,21). The van der Waals surface area contributed by atoms with Gasteiger partial charge in [-0.25, -0.2) is 4.99 Å². The van der Waals surface area contributed by atoms with E-state index in [1.807, 2.05) is 18.2 Å². The van der Waals surface area contributed by atoms with Crippen molar-refractivity contribution in [3.63, 3.8) is 0 Å². The van der Waals surface area contributed by atoms with Crippen LogP contribution in [0.1, 0.15) is 32.8 Å². The number of guanidine groups is 1. The van der Waals surface area contributed by atoms with E-state index in [4.69, 9.17) is 14.6 Å². The zero-order valence-corrected chi connectivity index (χ0v) is 15.3. The summed E-state index contributed by atoms with van der Waals surface area (Å²) in [5.74, 6) is 2.75. The molecule has 0 aliphatic rings. The zero-order valence-electron chi connectivity index (χ0n) is 15.3. The van der Waals surface area contributed by atoms with E-state index in [0.29, 0.717) is 24.0 Å². The molecule has 0 aliphatic carbocycles. The number of nitrogens with zero attached hydrogens (tertiary/aromatic N) is 1. The predicted octanol–water partition coefficient (Wildman–Crippen LogP) is 2.17. The molecule has 0 fully saturated rings. The number of hydrogen-bond donors (Lipinski definition) is 3. The summed E-state index contributed by atoms with van der Waals surface area (Å²) >= 11 is 0. The van der Waals surface area contributed by atoms with Crippen LogP contribution >= 0.6 is 0 Å². The van der Waals surface area contributed by atoms with Crippen molar-refractivity contribution >= 4 is 5.96 Å². The van der Waals surface area contributed by atoms with Crippen LogP contribution in [0.5, 0.6) is 11.5 Å². The fourth-order valence-corrected chi connectivity index (χ4v) is 2.08. The van der Waals surface area contributed by atoms with E-state index in [0.717, 1.165) is 31.0 Å². The lowest BCUT2D eigenvalue weighted by atomic mass is 10.1. The Kier molecular flexibility index (Phi) is 9.68. The molecule has 1 rings (SSSR count). The Morgan fingerprint density at radius 1 is 1.25 bits per heavy atom. The molecule has 0 bridgehead atoms. The molecule has 1 aromatic rings. The maximum Gasteiger partial charge on any atom is 0.191 e. The number of ether oxygens (including phenoxy) is 2. The van der Waals surface area contributed by atoms with E-state index in [9.17, 15) is 0 Å². The molecule has 3 N–H and O–H groups in total. The molecule has 0 spiro atoms. The topological polar surface area (TPSA) is 75.1 Å². The third-order valence-corrected chi connectivity index (χ3v) is 3.35. The van der Waals surface area contributed by atoms with Crippen molar-refractivity contribution in [1.29, 1.82) is 0 Å². The summed E-state index contributed by atoms with van der Waals surface area (Å²) in [6.07, 6.45) is 1.11. The van der Waals surface area contributed by atoms with Gasteiger partial charge in [-0.2, -0.15) is 0 Å². The molecule has 0 heterocycles. The highest BCUT2D eigenvalue weighted by Gasteiger charge is 2.06. The molecule has 24 heavy (non-hydrogen) atoms. The summed E-state index contributed by atoms with van der Waals surface area (Å²) in [6.45, 7) is 8.97. The molecule has 0 saturated heterocycles. The zero-order chi connectivity index (χ0) is 17.8. The lowest BCUT2D eigenvalue weighted by Crippen LogP contribution is -2.38. The Morgan fingerprint density at radius 2 is 2.04 bits per heavy atom. The van der Waals surface area contributed by atoms with E-state index >= 15 is 0 Å². The number of hydrogen-bond acceptors (Lipinski definition) is 4. The monoisotopic (exact) mass is 337 g/mol. The Bertz CT molecular complexity index is 504. The highest BCUT2D eigenvalue weighted by atomic mass is 16.5. The van der Waals surface area contributed by atoms with Crippen molar-refractivity contribution < 1.29 is 14.6 Å². The van der Waals surface area contributed by atoms with Gasteiger partial charge >= 0.3 is 0 Å². The minimum absolute atomic E-state index is 0.0245. The van der Waals surface area contributed by atoms with Gasteiger partial charge in [-0.1, -0.05) is 19.9 Å². The predicted molar refractivity (Wildman–Crippen MR) is 97.8 cm³/mol. The average molecular weight is 337 g/mol. The summed E-state index contributed by atoms with van der Waals surface area (Å²) in [4.78, 5) is 4.61. The van der Waals surface area contributed by atoms with Crippen LogP contribution in [0.3, 0.4) is 0 Å². The molecule has 0 unspecified atom stereocenters. The molecule has 0 saturated carbocycles. The average Bonchev–Trinajstić information content (AvgIpc) is 2.57. The van der Waals surface area contributed by atoms with Crippen molar-refractivity contribution in [1.82, 2.24) is 10.6 Å². The van der Waals surface area contributed by atoms with E-state index in [1.54, 1.807) is 7.11 Å². The molecule has 0 radical (unpaired) electrons. The minimum atomic E-state index is -0.0245. The molecule has 1 aromatic carbocycles. The third-order valence-electron chi connectivity index (χ3n) is 3.35. The number of methoxy groups -OCH3 is 1. The van der Waals surface area contributed by atoms with Gasteiger partial charge < -0.3 is 25.2 Å². The van der Waals surface area contributed by atoms with Crippen LogP contribution in [0.4, 0.5) is 0 Å². The van der Waals surface area contributed by atoms with E-state index in [2.05, 4.69) is 36.4 Å². The largest absolute Gasteiger partial charge is 0.493 e. The van der Waals surface area contributed by atoms with Gasteiger partial charge in [0.2, 0.25) is 0 Å². The van der Waals surface area contributed by atoms with Crippen LogP contribution in [-0.2, 0) is 6.54 Å². The fourth-order valence-electron chi connectivity index (χ4n) is 2.08. The summed E-state index contributed by atoms with van der Waals surface area (Å²) < 4.78 is 10.8. The quantitative estimate of drug-likeness (QED) is 0.451. The van der Waals surface area contributed by atoms with Gasteiger partial charge in [0.05, 0.1) is 20.3 Å². The number of aliphatic imine (C=N–C) groups is 1. The van der Waals surface area contributed by atoms with Gasteiger partial charge in [0, 0.05) is 13.1 Å². The SMILES string of the molecule is CCNC(=NCc1ccc(OCCO)c(OC)c1)NCCC(C)C. The van der Waals surface area contributed by atoms with Crippen LogP contribution in [0.25, 0.3) is 0 Å². The Balaban J connectivity index is 2.70. The van der Waals surface area contributed by atoms with Crippen LogP contribution < -0.4 is 20.1 Å². The number of rotatable bonds is 10. The first kappa shape index (κ1) is 20.1. The summed E-state index contributed by atoms with van der Waals surface area (Å²) in [6, 6.07) is 5.71. The summed E-state index contributed by atoms with van der Waals surface area (Å²) in [7, 11) is 1.60. The van der Waals surface area contributed by atoms with E-state index < -0.39 is 0 Å². The first-order valence-corrected chi connectivity index (χ1v) is 8.53. The minimum Gasteiger partial charge on any atom is -0.493 e. The molecule has 6 heteroatoms. The second-order valence-electron chi connectivity index (χ2n) is 5.86. The first-order valence-electron chi connectivity index (χ1n) is 8.53. The van der Waals surface area contributed by atoms with Crippen molar-refractivity contribution in [3.05, 3.63) is 23.8 Å². The highest BCUT2D eigenvalue weighted by molar-refractivity contribution is 5.79. The molecule has 136 valence electrons. The van der Waals surface area contributed by atoms with Crippen LogP contribution in [0.15, 0.2) is 23.2 Å². The fraction of sp³-hybridized carbons (Fsp3) is 0.611. The van der Waals surface area contributed by atoms with Gasteiger partial charge in [-0.15, -0.1) is 0 Å². The number of aliphatic hydroxyl groups is 1. The second-order valence-corrected chi connectivity index (χ2v) is 5.86. The molecular formula is C18H31N3O3. The third kappa shape index (κ3) is 7.55. The van der Waals surface area contributed by atoms with E-state index in [-0.39, 0.29) is 13.2 Å². The normalized spacial score (nSPS) is 11.5. The maximum absolute atomic E-state index is 8.85. The highest BCUT2D eigenvalue weighted by Crippen LogP contribution is 2.28.